The number of carbonyl (C=O) groups is 2. The van der Waals surface area contributed by atoms with Crippen LogP contribution >= 0.6 is 0 Å². The van der Waals surface area contributed by atoms with Gasteiger partial charge in [0.2, 0.25) is 0 Å². The maximum atomic E-state index is 12.0. The van der Waals surface area contributed by atoms with Crippen molar-refractivity contribution in [1.29, 1.82) is 0 Å². The van der Waals surface area contributed by atoms with Crippen LogP contribution in [0.4, 0.5) is 0 Å². The zero-order chi connectivity index (χ0) is 18.9. The summed E-state index contributed by atoms with van der Waals surface area (Å²) < 4.78 is 5.88. The zero-order valence-corrected chi connectivity index (χ0v) is 16.0. The molecule has 2 fully saturated rings. The predicted octanol–water partition coefficient (Wildman–Crippen LogP) is 2.02. The average Bonchev–Trinajstić information content (AvgIpc) is 2.72. The van der Waals surface area contributed by atoms with Crippen molar-refractivity contribution in [2.45, 2.75) is 50.7 Å². The number of hydrogen-bond donors (Lipinski definition) is 2. The van der Waals surface area contributed by atoms with Crippen molar-refractivity contribution in [1.82, 2.24) is 15.5 Å². The van der Waals surface area contributed by atoms with Gasteiger partial charge in [0.1, 0.15) is 0 Å². The molecule has 1 aromatic carbocycles. The average molecular weight is 373 g/mol. The second-order valence-electron chi connectivity index (χ2n) is 7.49. The van der Waals surface area contributed by atoms with Crippen LogP contribution in [0.1, 0.15) is 50.2 Å². The van der Waals surface area contributed by atoms with Gasteiger partial charge in [0.05, 0.1) is 12.7 Å². The highest BCUT2D eigenvalue weighted by Gasteiger charge is 2.22. The van der Waals surface area contributed by atoms with Gasteiger partial charge in [0.15, 0.2) is 0 Å². The lowest BCUT2D eigenvalue weighted by atomic mass is 9.95. The van der Waals surface area contributed by atoms with Crippen LogP contribution in [0.5, 0.6) is 0 Å². The van der Waals surface area contributed by atoms with Gasteiger partial charge in [-0.3, -0.25) is 14.5 Å². The smallest absolute Gasteiger partial charge is 0.309 e. The van der Waals surface area contributed by atoms with Gasteiger partial charge in [0.25, 0.3) is 0 Å². The molecule has 0 bridgehead atoms. The van der Waals surface area contributed by atoms with E-state index in [0.717, 1.165) is 58.3 Å². The summed E-state index contributed by atoms with van der Waals surface area (Å²) in [5, 5.41) is 5.60. The molecule has 0 aromatic heterocycles. The topological polar surface area (TPSA) is 70.7 Å². The first-order valence-corrected chi connectivity index (χ1v) is 10.2. The molecule has 1 atom stereocenters. The monoisotopic (exact) mass is 373 g/mol. The summed E-state index contributed by atoms with van der Waals surface area (Å²) in [5.41, 5.74) is 1.20. The van der Waals surface area contributed by atoms with Gasteiger partial charge in [-0.05, 0) is 24.8 Å². The van der Waals surface area contributed by atoms with Crippen LogP contribution in [0.3, 0.4) is 0 Å². The van der Waals surface area contributed by atoms with E-state index in [9.17, 15) is 9.59 Å². The maximum Gasteiger partial charge on any atom is 0.309 e. The fourth-order valence-corrected chi connectivity index (χ4v) is 3.86. The number of hydrogen-bond acceptors (Lipinski definition) is 4. The summed E-state index contributed by atoms with van der Waals surface area (Å²) in [5.74, 6) is -0.998. The highest BCUT2D eigenvalue weighted by atomic mass is 16.5. The molecule has 0 unspecified atom stereocenters. The Labute approximate surface area is 161 Å². The van der Waals surface area contributed by atoms with Gasteiger partial charge < -0.3 is 15.4 Å². The van der Waals surface area contributed by atoms with E-state index in [0.29, 0.717) is 6.54 Å². The van der Waals surface area contributed by atoms with E-state index in [1.54, 1.807) is 0 Å². The van der Waals surface area contributed by atoms with Gasteiger partial charge in [0, 0.05) is 32.2 Å². The molecule has 3 rings (SSSR count). The molecule has 6 heteroatoms. The van der Waals surface area contributed by atoms with E-state index >= 15 is 0 Å². The fourth-order valence-electron chi connectivity index (χ4n) is 3.86. The molecule has 2 N–H and O–H groups in total. The van der Waals surface area contributed by atoms with E-state index in [-0.39, 0.29) is 12.1 Å². The molecule has 2 amide bonds. The Kier molecular flexibility index (Phi) is 7.66. The van der Waals surface area contributed by atoms with Crippen LogP contribution in [0.25, 0.3) is 0 Å². The van der Waals surface area contributed by atoms with E-state index in [1.165, 1.54) is 12.0 Å². The molecular formula is C21H31N3O3. The van der Waals surface area contributed by atoms with Crippen molar-refractivity contribution in [3.05, 3.63) is 35.9 Å². The standard InChI is InChI=1S/C21H31N3O3/c25-20(21(26)23-18-10-5-2-6-11-18)22-12-7-13-24-14-15-27-19(16-24)17-8-3-1-4-9-17/h1,3-4,8-9,18-19H,2,5-7,10-16H2,(H,22,25)(H,23,26)/t19-/m1/s1. The molecule has 0 spiro atoms. The number of rotatable bonds is 6. The lowest BCUT2D eigenvalue weighted by molar-refractivity contribution is -0.139. The molecule has 1 aliphatic carbocycles. The summed E-state index contributed by atoms with van der Waals surface area (Å²) in [4.78, 5) is 26.3. The van der Waals surface area contributed by atoms with E-state index < -0.39 is 11.8 Å². The molecule has 1 saturated heterocycles. The predicted molar refractivity (Wildman–Crippen MR) is 104 cm³/mol. The van der Waals surface area contributed by atoms with Crippen LogP contribution < -0.4 is 10.6 Å². The Morgan fingerprint density at radius 3 is 2.63 bits per heavy atom. The van der Waals surface area contributed by atoms with Crippen LogP contribution in [0, 0.1) is 0 Å². The summed E-state index contributed by atoms with van der Waals surface area (Å²) in [7, 11) is 0. The first-order chi connectivity index (χ1) is 13.2. The molecule has 148 valence electrons. The van der Waals surface area contributed by atoms with Gasteiger partial charge in [-0.15, -0.1) is 0 Å². The molecule has 27 heavy (non-hydrogen) atoms. The lowest BCUT2D eigenvalue weighted by Gasteiger charge is -2.33. The largest absolute Gasteiger partial charge is 0.371 e. The SMILES string of the molecule is O=C(NCCCN1CCO[C@@H](c2ccccc2)C1)C(=O)NC1CCCCC1. The normalized spacial score (nSPS) is 21.6. The second-order valence-corrected chi connectivity index (χ2v) is 7.49. The number of nitrogens with one attached hydrogen (secondary N) is 2. The van der Waals surface area contributed by atoms with Crippen molar-refractivity contribution < 1.29 is 14.3 Å². The first-order valence-electron chi connectivity index (χ1n) is 10.2. The molecule has 1 aromatic rings. The number of carbonyl (C=O) groups excluding carboxylic acids is 2. The summed E-state index contributed by atoms with van der Waals surface area (Å²) in [6.45, 7) is 3.89. The van der Waals surface area contributed by atoms with Crippen LogP contribution in [0.15, 0.2) is 30.3 Å². The molecule has 1 aliphatic heterocycles. The van der Waals surface area contributed by atoms with E-state index in [4.69, 9.17) is 4.74 Å². The lowest BCUT2D eigenvalue weighted by Crippen LogP contribution is -2.46. The van der Waals surface area contributed by atoms with Crippen molar-refractivity contribution in [3.8, 4) is 0 Å². The van der Waals surface area contributed by atoms with Crippen molar-refractivity contribution >= 4 is 11.8 Å². The number of amides is 2. The molecule has 6 nitrogen and oxygen atoms in total. The Balaban J connectivity index is 1.32. The molecule has 0 radical (unpaired) electrons. The van der Waals surface area contributed by atoms with E-state index in [2.05, 4.69) is 27.7 Å². The Morgan fingerprint density at radius 1 is 1.07 bits per heavy atom. The van der Waals surface area contributed by atoms with Gasteiger partial charge in [-0.25, -0.2) is 0 Å². The van der Waals surface area contributed by atoms with Crippen molar-refractivity contribution in [2.75, 3.05) is 32.8 Å². The van der Waals surface area contributed by atoms with Gasteiger partial charge in [-0.1, -0.05) is 49.6 Å². The third-order valence-corrected chi connectivity index (χ3v) is 5.41. The molecular weight excluding hydrogens is 342 g/mol. The number of morpholine rings is 1. The number of ether oxygens (including phenoxy) is 1. The van der Waals surface area contributed by atoms with Crippen molar-refractivity contribution in [3.63, 3.8) is 0 Å². The van der Waals surface area contributed by atoms with Crippen LogP contribution in [-0.4, -0.2) is 55.5 Å². The number of benzene rings is 1. The van der Waals surface area contributed by atoms with Gasteiger partial charge >= 0.3 is 11.8 Å². The van der Waals surface area contributed by atoms with Crippen LogP contribution in [-0.2, 0) is 14.3 Å². The summed E-state index contributed by atoms with van der Waals surface area (Å²) in [6, 6.07) is 10.4. The first kappa shape index (κ1) is 19.8. The summed E-state index contributed by atoms with van der Waals surface area (Å²) >= 11 is 0. The number of nitrogens with zero attached hydrogens (tertiary/aromatic N) is 1. The third-order valence-electron chi connectivity index (χ3n) is 5.41. The van der Waals surface area contributed by atoms with Crippen molar-refractivity contribution in [2.24, 2.45) is 0 Å². The molecule has 2 aliphatic rings. The fraction of sp³-hybridized carbons (Fsp3) is 0.619. The summed E-state index contributed by atoms with van der Waals surface area (Å²) in [6.07, 6.45) is 6.40. The Morgan fingerprint density at radius 2 is 1.85 bits per heavy atom. The minimum Gasteiger partial charge on any atom is -0.371 e. The van der Waals surface area contributed by atoms with Gasteiger partial charge in [-0.2, -0.15) is 0 Å². The second kappa shape index (κ2) is 10.4. The molecule has 1 saturated carbocycles. The Hall–Kier alpha value is -1.92. The highest BCUT2D eigenvalue weighted by molar-refractivity contribution is 6.35. The molecule has 1 heterocycles. The van der Waals surface area contributed by atoms with E-state index in [1.807, 2.05) is 18.2 Å². The minimum atomic E-state index is -0.510. The Bertz CT molecular complexity index is 602. The minimum absolute atomic E-state index is 0.107. The quantitative estimate of drug-likeness (QED) is 0.591. The van der Waals surface area contributed by atoms with Crippen LogP contribution in [0.2, 0.25) is 0 Å². The highest BCUT2D eigenvalue weighted by Crippen LogP contribution is 2.21. The third kappa shape index (κ3) is 6.33. The zero-order valence-electron chi connectivity index (χ0n) is 16.0. The maximum absolute atomic E-state index is 12.0.